The van der Waals surface area contributed by atoms with Crippen molar-refractivity contribution in [2.24, 2.45) is 0 Å². The van der Waals surface area contributed by atoms with Gasteiger partial charge < -0.3 is 0 Å². The molecule has 0 saturated carbocycles. The fourth-order valence-electron chi connectivity index (χ4n) is 16.4. The maximum Gasteiger partial charge on any atom is 0.265 e. The average Bonchev–Trinajstić information content (AvgIpc) is 1.60. The van der Waals surface area contributed by atoms with Crippen LogP contribution in [0.4, 0.5) is 0 Å². The molecule has 0 N–H and O–H groups in total. The zero-order chi connectivity index (χ0) is 61.5. The SMILES string of the molecule is CCCCCCCCC1(CCCCCCCC)c2cc(-c3cc4sc(C(C)(C)C)cc4s3)ccc2-c2cc3c(cc21)C1=C2C(=O)N4C=Cc5cc6c(cc5C4=C2C(=O)N1C=C3)C(CCCCCCCC)(CCCCCCCC)c1cc(C(C)(C)C)ccc1-6. The summed E-state index contributed by atoms with van der Waals surface area (Å²) in [5, 5.41) is 0. The fourth-order valence-corrected chi connectivity index (χ4v) is 18.8. The van der Waals surface area contributed by atoms with E-state index in [1.54, 1.807) is 0 Å². The number of carbonyl (C=O) groups is 2. The third kappa shape index (κ3) is 11.5. The molecule has 4 nitrogen and oxygen atoms in total. The van der Waals surface area contributed by atoms with Crippen LogP contribution in [0.3, 0.4) is 0 Å². The standard InChI is InChI=1S/C82H102N2O2S2/c1-11-15-19-23-27-31-41-81(42-32-28-24-20-16-12-2)65-49-57(69-53-70-71(87-69)54-72(88-70)80(8,9)10)35-37-59(65)63-47-55-39-45-83-75(61(55)51-67(63)81)73-74(78(83)86)76-62-52-68-64(48-56(62)40-46-84(76)77(73)85)60-38-36-58(79(5,6)7)50-66(60)82(68,43-33-29-25-21-17-13-3)44-34-30-26-22-18-14-4/h35-40,45-54H,11-34,41-44H2,1-10H3. The molecule has 0 atom stereocenters. The van der Waals surface area contributed by atoms with Crippen molar-refractivity contribution in [3.05, 3.63) is 151 Å². The molecule has 6 heteroatoms. The molecule has 0 bridgehead atoms. The molecule has 6 aliphatic rings. The van der Waals surface area contributed by atoms with Crippen molar-refractivity contribution in [2.75, 3.05) is 0 Å². The van der Waals surface area contributed by atoms with E-state index in [0.29, 0.717) is 11.1 Å². The first-order chi connectivity index (χ1) is 42.6. The summed E-state index contributed by atoms with van der Waals surface area (Å²) in [6, 6.07) is 29.6. The van der Waals surface area contributed by atoms with Gasteiger partial charge in [-0.2, -0.15) is 0 Å². The minimum atomic E-state index is -0.206. The topological polar surface area (TPSA) is 40.6 Å². The first kappa shape index (κ1) is 62.6. The molecule has 0 unspecified atom stereocenters. The predicted molar refractivity (Wildman–Crippen MR) is 379 cm³/mol. The quantitative estimate of drug-likeness (QED) is 0.0439. The smallest absolute Gasteiger partial charge is 0.265 e. The molecule has 2 aromatic heterocycles. The Morgan fingerprint density at radius 1 is 0.386 bits per heavy atom. The number of rotatable bonds is 29. The maximum atomic E-state index is 15.7. The van der Waals surface area contributed by atoms with Gasteiger partial charge in [0, 0.05) is 53.5 Å². The summed E-state index contributed by atoms with van der Waals surface area (Å²) < 4.78 is 2.78. The Balaban J connectivity index is 0.987. The largest absolute Gasteiger partial charge is 0.282 e. The molecule has 12 rings (SSSR count). The van der Waals surface area contributed by atoms with E-state index in [1.807, 2.05) is 44.9 Å². The molecule has 6 aromatic rings. The normalized spacial score (nSPS) is 16.4. The lowest BCUT2D eigenvalue weighted by atomic mass is 9.69. The van der Waals surface area contributed by atoms with Gasteiger partial charge in [0.1, 0.15) is 0 Å². The van der Waals surface area contributed by atoms with Gasteiger partial charge in [-0.25, -0.2) is 0 Å². The van der Waals surface area contributed by atoms with Gasteiger partial charge in [-0.3, -0.25) is 19.4 Å². The van der Waals surface area contributed by atoms with Crippen LogP contribution in [0.25, 0.3) is 65.6 Å². The van der Waals surface area contributed by atoms with Crippen LogP contribution in [-0.4, -0.2) is 21.6 Å². The van der Waals surface area contributed by atoms with Crippen LogP contribution in [0.5, 0.6) is 0 Å². The molecule has 0 fully saturated rings. The second kappa shape index (κ2) is 26.0. The third-order valence-corrected chi connectivity index (χ3v) is 24.1. The number of carbonyl (C=O) groups excluding carboxylic acids is 2. The summed E-state index contributed by atoms with van der Waals surface area (Å²) in [7, 11) is 0. The first-order valence-electron chi connectivity index (χ1n) is 35.3. The monoisotopic (exact) mass is 1210 g/mol. The molecule has 2 amide bonds. The molecular formula is C82H102N2O2S2. The van der Waals surface area contributed by atoms with Crippen LogP contribution in [0.2, 0.25) is 0 Å². The zero-order valence-corrected chi connectivity index (χ0v) is 57.2. The molecule has 4 aliphatic heterocycles. The number of amides is 2. The number of hydrogen-bond acceptors (Lipinski definition) is 4. The number of thiophene rings is 2. The Bertz CT molecular complexity index is 3680. The van der Waals surface area contributed by atoms with Crippen molar-refractivity contribution in [1.29, 1.82) is 0 Å². The van der Waals surface area contributed by atoms with E-state index < -0.39 is 0 Å². The number of fused-ring (bicyclic) bond motifs is 14. The first-order valence-corrected chi connectivity index (χ1v) is 36.9. The van der Waals surface area contributed by atoms with Crippen LogP contribution in [-0.2, 0) is 31.2 Å². The van der Waals surface area contributed by atoms with Gasteiger partial charge in [-0.05, 0) is 158 Å². The van der Waals surface area contributed by atoms with E-state index in [1.165, 1.54) is 229 Å². The Hall–Kier alpha value is -5.56. The second-order valence-electron chi connectivity index (χ2n) is 29.6. The molecule has 0 saturated heterocycles. The van der Waals surface area contributed by atoms with Crippen LogP contribution < -0.4 is 0 Å². The van der Waals surface area contributed by atoms with E-state index in [9.17, 15) is 0 Å². The molecule has 88 heavy (non-hydrogen) atoms. The highest BCUT2D eigenvalue weighted by Crippen LogP contribution is 2.61. The summed E-state index contributed by atoms with van der Waals surface area (Å²) in [6.07, 6.45) is 42.8. The van der Waals surface area contributed by atoms with Gasteiger partial charge >= 0.3 is 0 Å². The number of hydrogen-bond donors (Lipinski definition) is 0. The van der Waals surface area contributed by atoms with E-state index >= 15 is 9.59 Å². The molecule has 0 spiro atoms. The van der Waals surface area contributed by atoms with Gasteiger partial charge in [0.15, 0.2) is 0 Å². The lowest BCUT2D eigenvalue weighted by Crippen LogP contribution is -2.29. The second-order valence-corrected chi connectivity index (χ2v) is 31.8. The Kier molecular flexibility index (Phi) is 18.5. The number of nitrogens with zero attached hydrogens (tertiary/aromatic N) is 2. The molecule has 6 heterocycles. The summed E-state index contributed by atoms with van der Waals surface area (Å²) in [4.78, 5) is 37.9. The minimum Gasteiger partial charge on any atom is -0.282 e. The van der Waals surface area contributed by atoms with Gasteiger partial charge in [-0.1, -0.05) is 254 Å². The minimum absolute atomic E-state index is 0.0107. The van der Waals surface area contributed by atoms with Crippen molar-refractivity contribution >= 4 is 67.4 Å². The lowest BCUT2D eigenvalue weighted by molar-refractivity contribution is -0.122. The van der Waals surface area contributed by atoms with Crippen molar-refractivity contribution in [2.45, 2.75) is 271 Å². The lowest BCUT2D eigenvalue weighted by Gasteiger charge is -2.35. The van der Waals surface area contributed by atoms with Gasteiger partial charge in [-0.15, -0.1) is 22.7 Å². The van der Waals surface area contributed by atoms with Gasteiger partial charge in [0.05, 0.1) is 22.5 Å². The Labute approximate surface area is 538 Å². The van der Waals surface area contributed by atoms with Gasteiger partial charge in [0.2, 0.25) is 0 Å². The van der Waals surface area contributed by atoms with Crippen molar-refractivity contribution in [3.63, 3.8) is 0 Å². The Morgan fingerprint density at radius 3 is 1.20 bits per heavy atom. The van der Waals surface area contributed by atoms with E-state index in [2.05, 4.69) is 154 Å². The van der Waals surface area contributed by atoms with Crippen LogP contribution >= 0.6 is 22.7 Å². The highest BCUT2D eigenvalue weighted by Gasteiger charge is 2.52. The van der Waals surface area contributed by atoms with Gasteiger partial charge in [0.25, 0.3) is 11.8 Å². The summed E-state index contributed by atoms with van der Waals surface area (Å²) in [6.45, 7) is 23.3. The molecule has 4 aromatic carbocycles. The van der Waals surface area contributed by atoms with Crippen molar-refractivity contribution in [3.8, 4) is 32.7 Å². The van der Waals surface area contributed by atoms with E-state index in [-0.39, 0.29) is 33.5 Å². The van der Waals surface area contributed by atoms with E-state index in [0.717, 1.165) is 59.3 Å². The number of benzene rings is 4. The fraction of sp³-hybridized carbons (Fsp3) is 0.512. The molecule has 2 aliphatic carbocycles. The zero-order valence-electron chi connectivity index (χ0n) is 55.6. The van der Waals surface area contributed by atoms with Crippen LogP contribution in [0, 0.1) is 0 Å². The predicted octanol–water partition coefficient (Wildman–Crippen LogP) is 24.5. The van der Waals surface area contributed by atoms with Crippen LogP contribution in [0.15, 0.2) is 96.3 Å². The molecule has 464 valence electrons. The highest BCUT2D eigenvalue weighted by atomic mass is 32.1. The molecular weight excluding hydrogens is 1110 g/mol. The average molecular weight is 1210 g/mol. The Morgan fingerprint density at radius 2 is 0.784 bits per heavy atom. The molecule has 0 radical (unpaired) electrons. The van der Waals surface area contributed by atoms with Crippen molar-refractivity contribution in [1.82, 2.24) is 9.80 Å². The summed E-state index contributed by atoms with van der Waals surface area (Å²) >= 11 is 3.90. The van der Waals surface area contributed by atoms with E-state index in [4.69, 9.17) is 0 Å². The summed E-state index contributed by atoms with van der Waals surface area (Å²) in [5.41, 5.74) is 20.5. The van der Waals surface area contributed by atoms with Crippen LogP contribution in [0.1, 0.15) is 304 Å². The third-order valence-electron chi connectivity index (χ3n) is 21.4. The van der Waals surface area contributed by atoms with Crippen molar-refractivity contribution < 1.29 is 9.59 Å². The number of unbranched alkanes of at least 4 members (excludes halogenated alkanes) is 20. The highest BCUT2D eigenvalue weighted by molar-refractivity contribution is 7.29. The maximum absolute atomic E-state index is 15.7. The summed E-state index contributed by atoms with van der Waals surface area (Å²) in [5.74, 6) is -0.181.